The lowest BCUT2D eigenvalue weighted by Gasteiger charge is -2.29. The van der Waals surface area contributed by atoms with Crippen LogP contribution in [0.2, 0.25) is 10.0 Å². The van der Waals surface area contributed by atoms with Gasteiger partial charge in [-0.1, -0.05) is 53.5 Å². The number of carbonyl (C=O) groups excluding carboxylic acids is 2. The molecule has 7 nitrogen and oxygen atoms in total. The maximum Gasteiger partial charge on any atom is 0.265 e. The molecular weight excluding hydrogens is 521 g/mol. The first-order chi connectivity index (χ1) is 17.1. The number of rotatable bonds is 9. The highest BCUT2D eigenvalue weighted by Gasteiger charge is 2.35. The smallest absolute Gasteiger partial charge is 0.265 e. The number of hydrogen-bond donors (Lipinski definition) is 1. The fraction of sp³-hybridized carbons (Fsp3) is 0.308. The molecule has 0 bridgehead atoms. The summed E-state index contributed by atoms with van der Waals surface area (Å²) < 4.78 is 27.8. The third-order valence-electron chi connectivity index (χ3n) is 6.29. The number of anilines is 1. The van der Waals surface area contributed by atoms with Crippen molar-refractivity contribution in [3.8, 4) is 0 Å². The molecule has 3 aromatic rings. The number of nitrogens with zero attached hydrogens (tertiary/aromatic N) is 2. The van der Waals surface area contributed by atoms with E-state index in [1.165, 1.54) is 9.21 Å². The molecule has 1 aliphatic rings. The molecule has 0 spiro atoms. The predicted octanol–water partition coefficient (Wildman–Crippen LogP) is 4.99. The van der Waals surface area contributed by atoms with E-state index in [9.17, 15) is 18.0 Å². The van der Waals surface area contributed by atoms with Crippen molar-refractivity contribution in [2.24, 2.45) is 0 Å². The lowest BCUT2D eigenvalue weighted by atomic mass is 10.1. The molecule has 0 aromatic heterocycles. The standard InChI is InChI=1S/C26H27Cl2N3O4S/c1-3-29-26(33)17(2)30(16-18-12-13-20(27)21(28)15-18)24(32)11-6-14-31-22-9-4-7-19-8-5-10-23(25(19)22)36(31,34)35/h4-5,7-10,12-13,15,17H,3,6,11,14,16H2,1-2H3,(H,29,33)/t17-/m0/s1. The van der Waals surface area contributed by atoms with E-state index in [2.05, 4.69) is 5.32 Å². The van der Waals surface area contributed by atoms with Crippen molar-refractivity contribution in [3.63, 3.8) is 0 Å². The molecule has 3 aromatic carbocycles. The van der Waals surface area contributed by atoms with Gasteiger partial charge in [0.25, 0.3) is 10.0 Å². The predicted molar refractivity (Wildman–Crippen MR) is 143 cm³/mol. The number of halogens is 2. The SMILES string of the molecule is CCNC(=O)[C@H](C)N(Cc1ccc(Cl)c(Cl)c1)C(=O)CCCN1c2cccc3cccc(c23)S1(=O)=O. The van der Waals surface area contributed by atoms with Gasteiger partial charge >= 0.3 is 0 Å². The van der Waals surface area contributed by atoms with Crippen molar-refractivity contribution < 1.29 is 18.0 Å². The van der Waals surface area contributed by atoms with Crippen LogP contribution < -0.4 is 9.62 Å². The molecule has 0 radical (unpaired) electrons. The molecule has 2 amide bonds. The van der Waals surface area contributed by atoms with Gasteiger partial charge in [-0.3, -0.25) is 13.9 Å². The summed E-state index contributed by atoms with van der Waals surface area (Å²) >= 11 is 12.2. The molecule has 4 rings (SSSR count). The largest absolute Gasteiger partial charge is 0.355 e. The number of hydrogen-bond acceptors (Lipinski definition) is 4. The molecule has 190 valence electrons. The molecule has 36 heavy (non-hydrogen) atoms. The van der Waals surface area contributed by atoms with Crippen LogP contribution in [0.4, 0.5) is 5.69 Å². The van der Waals surface area contributed by atoms with Crippen LogP contribution in [0, 0.1) is 0 Å². The molecule has 0 fully saturated rings. The van der Waals surface area contributed by atoms with Gasteiger partial charge in [-0.15, -0.1) is 0 Å². The normalized spacial score (nSPS) is 14.6. The van der Waals surface area contributed by atoms with Gasteiger partial charge in [-0.05, 0) is 55.5 Å². The summed E-state index contributed by atoms with van der Waals surface area (Å²) in [4.78, 5) is 27.6. The van der Waals surface area contributed by atoms with E-state index in [-0.39, 0.29) is 36.2 Å². The summed E-state index contributed by atoms with van der Waals surface area (Å²) in [7, 11) is -3.69. The minimum atomic E-state index is -3.69. The van der Waals surface area contributed by atoms with Gasteiger partial charge in [0.15, 0.2) is 0 Å². The van der Waals surface area contributed by atoms with Gasteiger partial charge in [0, 0.05) is 31.4 Å². The van der Waals surface area contributed by atoms with Crippen LogP contribution in [0.5, 0.6) is 0 Å². The molecule has 1 N–H and O–H groups in total. The number of sulfonamides is 1. The third kappa shape index (κ3) is 5.03. The molecule has 0 saturated heterocycles. The molecular formula is C26H27Cl2N3O4S. The summed E-state index contributed by atoms with van der Waals surface area (Å²) in [6.07, 6.45) is 0.367. The average molecular weight is 548 g/mol. The molecule has 0 aliphatic carbocycles. The van der Waals surface area contributed by atoms with E-state index in [0.717, 1.165) is 10.9 Å². The van der Waals surface area contributed by atoms with E-state index in [1.807, 2.05) is 25.1 Å². The summed E-state index contributed by atoms with van der Waals surface area (Å²) in [5, 5.41) is 5.08. The van der Waals surface area contributed by atoms with Gasteiger partial charge in [-0.25, -0.2) is 8.42 Å². The number of amides is 2. The van der Waals surface area contributed by atoms with E-state index in [0.29, 0.717) is 34.1 Å². The Hall–Kier alpha value is -2.81. The van der Waals surface area contributed by atoms with Crippen LogP contribution >= 0.6 is 23.2 Å². The zero-order valence-electron chi connectivity index (χ0n) is 20.0. The molecule has 0 unspecified atom stereocenters. The van der Waals surface area contributed by atoms with Crippen LogP contribution in [0.25, 0.3) is 10.8 Å². The highest BCUT2D eigenvalue weighted by molar-refractivity contribution is 7.93. The highest BCUT2D eigenvalue weighted by Crippen LogP contribution is 2.42. The van der Waals surface area contributed by atoms with Crippen molar-refractivity contribution in [2.45, 2.75) is 44.2 Å². The summed E-state index contributed by atoms with van der Waals surface area (Å²) in [5.74, 6) is -0.526. The van der Waals surface area contributed by atoms with Crippen LogP contribution in [0.1, 0.15) is 32.3 Å². The first-order valence-electron chi connectivity index (χ1n) is 11.7. The fourth-order valence-electron chi connectivity index (χ4n) is 4.46. The van der Waals surface area contributed by atoms with Gasteiger partial charge in [0.2, 0.25) is 11.8 Å². The number of nitrogens with one attached hydrogen (secondary N) is 1. The lowest BCUT2D eigenvalue weighted by Crippen LogP contribution is -2.47. The van der Waals surface area contributed by atoms with E-state index >= 15 is 0 Å². The van der Waals surface area contributed by atoms with Crippen LogP contribution in [-0.4, -0.2) is 44.3 Å². The highest BCUT2D eigenvalue weighted by atomic mass is 35.5. The summed E-state index contributed by atoms with van der Waals surface area (Å²) in [5.41, 5.74) is 1.36. The van der Waals surface area contributed by atoms with Gasteiger partial charge in [-0.2, -0.15) is 0 Å². The number of benzene rings is 3. The second-order valence-corrected chi connectivity index (χ2v) is 11.3. The quantitative estimate of drug-likeness (QED) is 0.408. The maximum atomic E-state index is 13.3. The molecule has 1 atom stereocenters. The molecule has 10 heteroatoms. The first-order valence-corrected chi connectivity index (χ1v) is 13.9. The van der Waals surface area contributed by atoms with Crippen molar-refractivity contribution >= 4 is 61.5 Å². The van der Waals surface area contributed by atoms with Crippen LogP contribution in [-0.2, 0) is 26.2 Å². The zero-order chi connectivity index (χ0) is 26.0. The van der Waals surface area contributed by atoms with Gasteiger partial charge in [0.05, 0.1) is 20.6 Å². The van der Waals surface area contributed by atoms with E-state index in [1.54, 1.807) is 43.3 Å². The third-order valence-corrected chi connectivity index (χ3v) is 8.88. The monoisotopic (exact) mass is 547 g/mol. The van der Waals surface area contributed by atoms with E-state index in [4.69, 9.17) is 23.2 Å². The molecule has 0 saturated carbocycles. The Labute approximate surface area is 221 Å². The van der Waals surface area contributed by atoms with Crippen molar-refractivity contribution in [3.05, 3.63) is 70.2 Å². The minimum absolute atomic E-state index is 0.0728. The second-order valence-electron chi connectivity index (χ2n) is 8.65. The molecule has 1 heterocycles. The second kappa shape index (κ2) is 10.7. The van der Waals surface area contributed by atoms with Crippen molar-refractivity contribution in [2.75, 3.05) is 17.4 Å². The van der Waals surface area contributed by atoms with Crippen LogP contribution in [0.15, 0.2) is 59.5 Å². The van der Waals surface area contributed by atoms with Crippen molar-refractivity contribution in [1.82, 2.24) is 10.2 Å². The van der Waals surface area contributed by atoms with Crippen LogP contribution in [0.3, 0.4) is 0 Å². The van der Waals surface area contributed by atoms with E-state index < -0.39 is 16.1 Å². The Balaban J connectivity index is 1.50. The first kappa shape index (κ1) is 26.3. The average Bonchev–Trinajstić information content (AvgIpc) is 3.07. The Morgan fingerprint density at radius 1 is 1.06 bits per heavy atom. The number of likely N-dealkylation sites (N-methyl/N-ethyl adjacent to an activating group) is 1. The Morgan fingerprint density at radius 3 is 2.47 bits per heavy atom. The Morgan fingerprint density at radius 2 is 1.78 bits per heavy atom. The van der Waals surface area contributed by atoms with Gasteiger partial charge in [0.1, 0.15) is 6.04 Å². The van der Waals surface area contributed by atoms with Gasteiger partial charge < -0.3 is 10.2 Å². The van der Waals surface area contributed by atoms with Crippen molar-refractivity contribution in [1.29, 1.82) is 0 Å². The fourth-order valence-corrected chi connectivity index (χ4v) is 6.53. The Kier molecular flexibility index (Phi) is 7.78. The maximum absolute atomic E-state index is 13.3. The lowest BCUT2D eigenvalue weighted by molar-refractivity contribution is -0.140. The Bertz CT molecular complexity index is 1420. The summed E-state index contributed by atoms with van der Waals surface area (Å²) in [6.45, 7) is 4.24. The number of carbonyl (C=O) groups is 2. The topological polar surface area (TPSA) is 86.8 Å². The molecule has 1 aliphatic heterocycles. The minimum Gasteiger partial charge on any atom is -0.355 e. The summed E-state index contributed by atoms with van der Waals surface area (Å²) in [6, 6.07) is 15.1. The zero-order valence-corrected chi connectivity index (χ0v) is 22.3.